The highest BCUT2D eigenvalue weighted by molar-refractivity contribution is 5.41. The van der Waals surface area contributed by atoms with Crippen molar-refractivity contribution in [2.45, 2.75) is 67.6 Å². The highest BCUT2D eigenvalue weighted by Crippen LogP contribution is 2.64. The van der Waals surface area contributed by atoms with Gasteiger partial charge in [-0.25, -0.2) is 0 Å². The molecule has 0 saturated heterocycles. The fourth-order valence-corrected chi connectivity index (χ4v) is 7.88. The van der Waals surface area contributed by atoms with Gasteiger partial charge in [0.25, 0.3) is 0 Å². The minimum atomic E-state index is 0.154. The van der Waals surface area contributed by atoms with Gasteiger partial charge >= 0.3 is 0 Å². The molecule has 0 aromatic heterocycles. The molecule has 2 bridgehead atoms. The van der Waals surface area contributed by atoms with Crippen molar-refractivity contribution in [1.82, 2.24) is 0 Å². The highest BCUT2D eigenvalue weighted by Gasteiger charge is 2.57. The maximum atomic E-state index is 2.42. The van der Waals surface area contributed by atoms with Crippen LogP contribution in [-0.4, -0.2) is 0 Å². The lowest BCUT2D eigenvalue weighted by molar-refractivity contribution is 0.0460. The van der Waals surface area contributed by atoms with Crippen molar-refractivity contribution >= 4 is 0 Å². The first kappa shape index (κ1) is 22.4. The number of benzene rings is 4. The van der Waals surface area contributed by atoms with Crippen LogP contribution in [0.25, 0.3) is 0 Å². The Bertz CT molecular complexity index is 1170. The summed E-state index contributed by atoms with van der Waals surface area (Å²) in [5, 5.41) is 0. The third kappa shape index (κ3) is 4.14. The highest BCUT2D eigenvalue weighted by atomic mass is 14.6. The van der Waals surface area contributed by atoms with Crippen LogP contribution in [0.5, 0.6) is 0 Å². The second kappa shape index (κ2) is 9.15. The smallest absolute Gasteiger partial charge is 0.00269 e. The Morgan fingerprint density at radius 1 is 0.457 bits per heavy atom. The van der Waals surface area contributed by atoms with Crippen molar-refractivity contribution in [2.24, 2.45) is 0 Å². The van der Waals surface area contributed by atoms with Gasteiger partial charge in [-0.15, -0.1) is 0 Å². The number of rotatable bonds is 6. The summed E-state index contributed by atoms with van der Waals surface area (Å²) < 4.78 is 0. The summed E-state index contributed by atoms with van der Waals surface area (Å²) in [5.41, 5.74) is 6.71. The van der Waals surface area contributed by atoms with Gasteiger partial charge < -0.3 is 0 Å². The quantitative estimate of drug-likeness (QED) is 0.272. The number of hydrogen-bond donors (Lipinski definition) is 0. The van der Waals surface area contributed by atoms with E-state index in [9.17, 15) is 0 Å². The Hall–Kier alpha value is -3.12. The minimum Gasteiger partial charge on any atom is -0.0622 e. The molecule has 35 heavy (non-hydrogen) atoms. The summed E-state index contributed by atoms with van der Waals surface area (Å²) in [4.78, 5) is 0. The van der Waals surface area contributed by atoms with E-state index in [2.05, 4.69) is 121 Å². The molecular formula is C35H36. The van der Waals surface area contributed by atoms with Gasteiger partial charge in [0.05, 0.1) is 0 Å². The molecule has 0 radical (unpaired) electrons. The van der Waals surface area contributed by atoms with E-state index in [-0.39, 0.29) is 16.2 Å². The first-order chi connectivity index (χ1) is 17.2. The predicted molar refractivity (Wildman–Crippen MR) is 147 cm³/mol. The third-order valence-electron chi connectivity index (χ3n) is 9.23. The molecule has 0 amide bonds. The van der Waals surface area contributed by atoms with Gasteiger partial charge in [-0.3, -0.25) is 0 Å². The first-order valence-electron chi connectivity index (χ1n) is 13.4. The van der Waals surface area contributed by atoms with Gasteiger partial charge in [0.2, 0.25) is 0 Å². The van der Waals surface area contributed by atoms with E-state index in [1.54, 1.807) is 11.1 Å². The van der Waals surface area contributed by atoms with Gasteiger partial charge in [-0.1, -0.05) is 128 Å². The van der Waals surface area contributed by atoms with Crippen LogP contribution in [0.15, 0.2) is 121 Å². The molecule has 0 heteroatoms. The SMILES string of the molecule is c1ccc(CCC2(c3ccccc3)CC3(c4ccccc4)CCCC(c4ccccc4)(C3)C2)cc1. The summed E-state index contributed by atoms with van der Waals surface area (Å²) in [5.74, 6) is 0. The molecule has 176 valence electrons. The molecule has 0 heterocycles. The molecule has 6 rings (SSSR count). The summed E-state index contributed by atoms with van der Waals surface area (Å²) in [6.45, 7) is 0. The van der Waals surface area contributed by atoms with Gasteiger partial charge in [0.15, 0.2) is 0 Å². The molecule has 0 N–H and O–H groups in total. The van der Waals surface area contributed by atoms with E-state index in [0.29, 0.717) is 0 Å². The Morgan fingerprint density at radius 2 is 0.886 bits per heavy atom. The lowest BCUT2D eigenvalue weighted by Crippen LogP contribution is -2.55. The summed E-state index contributed by atoms with van der Waals surface area (Å²) in [7, 11) is 0. The molecule has 4 aromatic carbocycles. The van der Waals surface area contributed by atoms with Crippen LogP contribution >= 0.6 is 0 Å². The van der Waals surface area contributed by atoms with Gasteiger partial charge in [-0.05, 0) is 83.4 Å². The van der Waals surface area contributed by atoms with Crippen molar-refractivity contribution in [1.29, 1.82) is 0 Å². The molecule has 2 aliphatic rings. The molecule has 2 saturated carbocycles. The minimum absolute atomic E-state index is 0.154. The third-order valence-corrected chi connectivity index (χ3v) is 9.23. The van der Waals surface area contributed by atoms with E-state index in [4.69, 9.17) is 0 Å². The Kier molecular flexibility index (Phi) is 5.85. The molecule has 2 atom stereocenters. The summed E-state index contributed by atoms with van der Waals surface area (Å²) in [6.07, 6.45) is 10.00. The lowest BCUT2D eigenvalue weighted by Gasteiger charge is -2.60. The van der Waals surface area contributed by atoms with E-state index in [1.165, 1.54) is 56.1 Å². The molecule has 0 nitrogen and oxygen atoms in total. The predicted octanol–water partition coefficient (Wildman–Crippen LogP) is 8.80. The second-order valence-corrected chi connectivity index (χ2v) is 11.3. The van der Waals surface area contributed by atoms with E-state index in [1.807, 2.05) is 0 Å². The average molecular weight is 457 g/mol. The van der Waals surface area contributed by atoms with Gasteiger partial charge in [-0.2, -0.15) is 0 Å². The molecular weight excluding hydrogens is 420 g/mol. The van der Waals surface area contributed by atoms with Crippen LogP contribution in [0.4, 0.5) is 0 Å². The molecule has 0 aliphatic heterocycles. The number of fused-ring (bicyclic) bond motifs is 2. The van der Waals surface area contributed by atoms with Crippen molar-refractivity contribution in [3.8, 4) is 0 Å². The Morgan fingerprint density at radius 3 is 1.37 bits per heavy atom. The van der Waals surface area contributed by atoms with Crippen LogP contribution in [0, 0.1) is 0 Å². The Balaban J connectivity index is 1.52. The molecule has 0 spiro atoms. The van der Waals surface area contributed by atoms with Crippen molar-refractivity contribution in [2.75, 3.05) is 0 Å². The largest absolute Gasteiger partial charge is 0.0622 e. The molecule has 2 aliphatic carbocycles. The summed E-state index contributed by atoms with van der Waals surface area (Å²) >= 11 is 0. The maximum absolute atomic E-state index is 2.42. The number of aryl methyl sites for hydroxylation is 1. The number of hydrogen-bond acceptors (Lipinski definition) is 0. The zero-order valence-corrected chi connectivity index (χ0v) is 20.7. The molecule has 4 aromatic rings. The lowest BCUT2D eigenvalue weighted by atomic mass is 9.43. The van der Waals surface area contributed by atoms with Crippen LogP contribution in [0.1, 0.15) is 67.2 Å². The van der Waals surface area contributed by atoms with Crippen molar-refractivity contribution in [3.05, 3.63) is 144 Å². The Labute approximate surface area is 211 Å². The van der Waals surface area contributed by atoms with Crippen LogP contribution in [-0.2, 0) is 22.7 Å². The fourth-order valence-electron chi connectivity index (χ4n) is 7.88. The standard InChI is InChI=1S/C35H36/c1-5-14-29(15-6-1)22-25-35(32-20-11-4-12-21-32)27-33(30-16-7-2-8-17-30)23-13-24-34(26-33,28-35)31-18-9-3-10-19-31/h1-12,14-21H,13,22-28H2. The van der Waals surface area contributed by atoms with Crippen LogP contribution in [0.3, 0.4) is 0 Å². The zero-order valence-electron chi connectivity index (χ0n) is 20.7. The average Bonchev–Trinajstić information content (AvgIpc) is 2.94. The van der Waals surface area contributed by atoms with Crippen molar-refractivity contribution in [3.63, 3.8) is 0 Å². The topological polar surface area (TPSA) is 0 Å². The van der Waals surface area contributed by atoms with E-state index >= 15 is 0 Å². The summed E-state index contributed by atoms with van der Waals surface area (Å²) in [6, 6.07) is 45.7. The monoisotopic (exact) mass is 456 g/mol. The first-order valence-corrected chi connectivity index (χ1v) is 13.4. The van der Waals surface area contributed by atoms with E-state index < -0.39 is 0 Å². The molecule has 2 fully saturated rings. The fraction of sp³-hybridized carbons (Fsp3) is 0.314. The normalized spacial score (nSPS) is 27.9. The maximum Gasteiger partial charge on any atom is -0.00269 e. The van der Waals surface area contributed by atoms with Crippen LogP contribution in [0.2, 0.25) is 0 Å². The molecule has 2 unspecified atom stereocenters. The van der Waals surface area contributed by atoms with Gasteiger partial charge in [0.1, 0.15) is 0 Å². The second-order valence-electron chi connectivity index (χ2n) is 11.3. The van der Waals surface area contributed by atoms with Crippen LogP contribution < -0.4 is 0 Å². The van der Waals surface area contributed by atoms with Gasteiger partial charge in [0, 0.05) is 0 Å². The zero-order chi connectivity index (χ0) is 23.6. The van der Waals surface area contributed by atoms with Crippen molar-refractivity contribution < 1.29 is 0 Å². The van der Waals surface area contributed by atoms with E-state index in [0.717, 1.165) is 6.42 Å².